The van der Waals surface area contributed by atoms with Crippen molar-refractivity contribution in [1.29, 1.82) is 0 Å². The fourth-order valence-electron chi connectivity index (χ4n) is 1.98. The Kier molecular flexibility index (Phi) is 5.83. The Balaban J connectivity index is 3.09. The topological polar surface area (TPSA) is 87.7 Å². The summed E-state index contributed by atoms with van der Waals surface area (Å²) in [6, 6.07) is 5.04. The first-order valence-electron chi connectivity index (χ1n) is 6.15. The second kappa shape index (κ2) is 6.95. The highest BCUT2D eigenvalue weighted by Crippen LogP contribution is 2.31. The Morgan fingerprint density at radius 1 is 1.50 bits per heavy atom. The van der Waals surface area contributed by atoms with Gasteiger partial charge in [-0.1, -0.05) is 30.6 Å². The summed E-state index contributed by atoms with van der Waals surface area (Å²) < 4.78 is 0.666. The molecule has 0 aliphatic rings. The van der Waals surface area contributed by atoms with E-state index in [1.54, 1.807) is 18.2 Å². The lowest BCUT2D eigenvalue weighted by Gasteiger charge is -2.28. The maximum atomic E-state index is 12.5. The molecule has 0 saturated carbocycles. The fourth-order valence-corrected chi connectivity index (χ4v) is 2.76. The zero-order chi connectivity index (χ0) is 15.3. The second-order valence-electron chi connectivity index (χ2n) is 4.35. The first-order chi connectivity index (χ1) is 9.41. The van der Waals surface area contributed by atoms with Gasteiger partial charge >= 0.3 is 0 Å². The van der Waals surface area contributed by atoms with Gasteiger partial charge in [0.1, 0.15) is 5.41 Å². The molecule has 4 N–H and O–H groups in total. The minimum absolute atomic E-state index is 0.0925. The number of amides is 1. The quantitative estimate of drug-likeness (QED) is 0.324. The fraction of sp³-hybridized carbons (Fsp3) is 0.385. The van der Waals surface area contributed by atoms with E-state index in [0.717, 1.165) is 0 Å². The average Bonchev–Trinajstić information content (AvgIpc) is 2.43. The van der Waals surface area contributed by atoms with Crippen LogP contribution in [0.15, 0.2) is 27.8 Å². The molecule has 0 saturated heterocycles. The number of nitrogens with zero attached hydrogens (tertiary/aromatic N) is 1. The molecule has 0 bridgehead atoms. The van der Waals surface area contributed by atoms with Gasteiger partial charge in [0.15, 0.2) is 5.84 Å². The lowest BCUT2D eigenvalue weighted by Crippen LogP contribution is -2.46. The van der Waals surface area contributed by atoms with Crippen molar-refractivity contribution < 1.29 is 10.0 Å². The van der Waals surface area contributed by atoms with Crippen LogP contribution in [0.4, 0.5) is 5.69 Å². The number of amidine groups is 1. The number of carbonyl (C=O) groups is 1. The van der Waals surface area contributed by atoms with Gasteiger partial charge in [-0.2, -0.15) is 0 Å². The van der Waals surface area contributed by atoms with E-state index in [4.69, 9.17) is 22.5 Å². The Hall–Kier alpha value is -1.27. The van der Waals surface area contributed by atoms with E-state index >= 15 is 0 Å². The Morgan fingerprint density at radius 2 is 2.10 bits per heavy atom. The number of oxime groups is 1. The van der Waals surface area contributed by atoms with Crippen molar-refractivity contribution >= 4 is 45.0 Å². The van der Waals surface area contributed by atoms with E-state index in [-0.39, 0.29) is 11.7 Å². The van der Waals surface area contributed by atoms with Crippen LogP contribution in [0.25, 0.3) is 0 Å². The van der Waals surface area contributed by atoms with E-state index < -0.39 is 5.41 Å². The number of nitrogens with two attached hydrogens (primary N) is 1. The van der Waals surface area contributed by atoms with Gasteiger partial charge in [-0.05, 0) is 47.0 Å². The number of halogens is 2. The lowest BCUT2D eigenvalue weighted by molar-refractivity contribution is -0.122. The van der Waals surface area contributed by atoms with Crippen LogP contribution in [0, 0.1) is 5.41 Å². The molecule has 0 aromatic heterocycles. The van der Waals surface area contributed by atoms with Gasteiger partial charge in [0.2, 0.25) is 5.91 Å². The maximum Gasteiger partial charge on any atom is 0.238 e. The standard InChI is InChI=1S/C13H17BrClN3O2/c1-3-13(4-2,11(16)18-20)12(19)17-10-6-5-8(15)7-9(10)14/h5-7,20H,3-4H2,1-2H3,(H2,16,18)(H,17,19). The van der Waals surface area contributed by atoms with E-state index in [0.29, 0.717) is 28.0 Å². The average molecular weight is 363 g/mol. The molecular formula is C13H17BrClN3O2. The Bertz CT molecular complexity index is 530. The number of hydrogen-bond acceptors (Lipinski definition) is 3. The summed E-state index contributed by atoms with van der Waals surface area (Å²) in [6.07, 6.45) is 0.854. The minimum atomic E-state index is -1.03. The monoisotopic (exact) mass is 361 g/mol. The zero-order valence-corrected chi connectivity index (χ0v) is 13.6. The summed E-state index contributed by atoms with van der Waals surface area (Å²) in [4.78, 5) is 12.5. The van der Waals surface area contributed by atoms with Gasteiger partial charge in [0, 0.05) is 9.50 Å². The summed E-state index contributed by atoms with van der Waals surface area (Å²) in [5, 5.41) is 15.2. The lowest BCUT2D eigenvalue weighted by atomic mass is 9.80. The van der Waals surface area contributed by atoms with Crippen molar-refractivity contribution in [2.75, 3.05) is 5.32 Å². The van der Waals surface area contributed by atoms with Crippen LogP contribution < -0.4 is 11.1 Å². The summed E-state index contributed by atoms with van der Waals surface area (Å²) in [7, 11) is 0. The van der Waals surface area contributed by atoms with Crippen molar-refractivity contribution in [3.63, 3.8) is 0 Å². The summed E-state index contributed by atoms with van der Waals surface area (Å²) in [6.45, 7) is 3.63. The molecule has 110 valence electrons. The van der Waals surface area contributed by atoms with Gasteiger partial charge in [-0.15, -0.1) is 0 Å². The molecule has 0 aliphatic heterocycles. The van der Waals surface area contributed by atoms with E-state index in [1.807, 2.05) is 13.8 Å². The summed E-state index contributed by atoms with van der Waals surface area (Å²) in [5.41, 5.74) is 5.24. The van der Waals surface area contributed by atoms with Crippen molar-refractivity contribution in [2.24, 2.45) is 16.3 Å². The van der Waals surface area contributed by atoms with Crippen molar-refractivity contribution in [3.05, 3.63) is 27.7 Å². The molecule has 1 amide bonds. The molecule has 0 atom stereocenters. The normalized spacial score (nSPS) is 12.3. The molecule has 0 radical (unpaired) electrons. The van der Waals surface area contributed by atoms with Crippen molar-refractivity contribution in [3.8, 4) is 0 Å². The van der Waals surface area contributed by atoms with Gasteiger partial charge in [-0.25, -0.2) is 0 Å². The van der Waals surface area contributed by atoms with Crippen LogP contribution in [-0.2, 0) is 4.79 Å². The predicted molar refractivity (Wildman–Crippen MR) is 84.2 cm³/mol. The summed E-state index contributed by atoms with van der Waals surface area (Å²) in [5.74, 6) is -0.411. The molecule has 0 unspecified atom stereocenters. The molecule has 0 aliphatic carbocycles. The van der Waals surface area contributed by atoms with Crippen molar-refractivity contribution in [2.45, 2.75) is 26.7 Å². The van der Waals surface area contributed by atoms with E-state index in [9.17, 15) is 4.79 Å². The number of anilines is 1. The highest BCUT2D eigenvalue weighted by molar-refractivity contribution is 9.10. The molecule has 0 heterocycles. The third kappa shape index (κ3) is 3.24. The molecule has 0 fully saturated rings. The summed E-state index contributed by atoms with van der Waals surface area (Å²) >= 11 is 9.19. The van der Waals surface area contributed by atoms with E-state index in [1.165, 1.54) is 0 Å². The van der Waals surface area contributed by atoms with Crippen LogP contribution >= 0.6 is 27.5 Å². The first-order valence-corrected chi connectivity index (χ1v) is 7.32. The third-order valence-electron chi connectivity index (χ3n) is 3.42. The Labute approximate surface area is 131 Å². The molecule has 5 nitrogen and oxygen atoms in total. The molecule has 20 heavy (non-hydrogen) atoms. The van der Waals surface area contributed by atoms with Crippen molar-refractivity contribution in [1.82, 2.24) is 0 Å². The molecule has 7 heteroatoms. The van der Waals surface area contributed by atoms with Crippen LogP contribution in [0.1, 0.15) is 26.7 Å². The number of carbonyl (C=O) groups excluding carboxylic acids is 1. The van der Waals surface area contributed by atoms with Gasteiger partial charge in [-0.3, -0.25) is 4.79 Å². The molecule has 1 rings (SSSR count). The molecular weight excluding hydrogens is 346 g/mol. The van der Waals surface area contributed by atoms with Crippen LogP contribution in [-0.4, -0.2) is 17.0 Å². The number of hydrogen-bond donors (Lipinski definition) is 3. The van der Waals surface area contributed by atoms with Gasteiger partial charge < -0.3 is 16.3 Å². The third-order valence-corrected chi connectivity index (χ3v) is 4.31. The van der Waals surface area contributed by atoms with Crippen LogP contribution in [0.2, 0.25) is 5.02 Å². The molecule has 1 aromatic rings. The highest BCUT2D eigenvalue weighted by atomic mass is 79.9. The largest absolute Gasteiger partial charge is 0.409 e. The van der Waals surface area contributed by atoms with Gasteiger partial charge in [0.05, 0.1) is 5.69 Å². The number of nitrogens with one attached hydrogen (secondary N) is 1. The number of rotatable bonds is 5. The van der Waals surface area contributed by atoms with Crippen LogP contribution in [0.3, 0.4) is 0 Å². The van der Waals surface area contributed by atoms with Gasteiger partial charge in [0.25, 0.3) is 0 Å². The SMILES string of the molecule is CCC(CC)(C(=O)Nc1ccc(Cl)cc1Br)/C(N)=N/O. The Morgan fingerprint density at radius 3 is 2.55 bits per heavy atom. The second-order valence-corrected chi connectivity index (χ2v) is 5.64. The molecule has 0 spiro atoms. The minimum Gasteiger partial charge on any atom is -0.409 e. The maximum absolute atomic E-state index is 12.5. The first kappa shape index (κ1) is 16.8. The van der Waals surface area contributed by atoms with E-state index in [2.05, 4.69) is 26.4 Å². The molecule has 1 aromatic carbocycles. The zero-order valence-electron chi connectivity index (χ0n) is 11.3. The highest BCUT2D eigenvalue weighted by Gasteiger charge is 2.40. The number of benzene rings is 1. The smallest absolute Gasteiger partial charge is 0.238 e. The predicted octanol–water partition coefficient (Wildman–Crippen LogP) is 3.59. The van der Waals surface area contributed by atoms with Crippen LogP contribution in [0.5, 0.6) is 0 Å².